The standard InChI is InChI=1S/C10H20ClNO3S/c1-9(2,6-11)8(13)12-7-10(3,4)16(5,14)15/h6-7H2,1-5H3,(H,12,13). The molecule has 0 aromatic rings. The summed E-state index contributed by atoms with van der Waals surface area (Å²) < 4.78 is 21.8. The number of alkyl halides is 1. The number of nitrogens with one attached hydrogen (secondary N) is 1. The molecule has 0 saturated carbocycles. The Morgan fingerprint density at radius 2 is 1.69 bits per heavy atom. The Morgan fingerprint density at radius 3 is 2.00 bits per heavy atom. The Morgan fingerprint density at radius 1 is 1.25 bits per heavy atom. The highest BCUT2D eigenvalue weighted by atomic mass is 35.5. The molecule has 0 radical (unpaired) electrons. The van der Waals surface area contributed by atoms with Crippen LogP contribution in [0.25, 0.3) is 0 Å². The summed E-state index contributed by atoms with van der Waals surface area (Å²) in [5, 5.41) is 2.62. The van der Waals surface area contributed by atoms with Crippen LogP contribution in [0.2, 0.25) is 0 Å². The van der Waals surface area contributed by atoms with Crippen LogP contribution in [0.3, 0.4) is 0 Å². The first kappa shape index (κ1) is 15.7. The number of amides is 1. The predicted octanol–water partition coefficient (Wildman–Crippen LogP) is 1.19. The van der Waals surface area contributed by atoms with Gasteiger partial charge in [-0.05, 0) is 27.7 Å². The molecule has 0 heterocycles. The number of hydrogen-bond donors (Lipinski definition) is 1. The summed E-state index contributed by atoms with van der Waals surface area (Å²) in [6, 6.07) is 0. The van der Waals surface area contributed by atoms with Crippen molar-refractivity contribution in [2.24, 2.45) is 5.41 Å². The lowest BCUT2D eigenvalue weighted by Crippen LogP contribution is -2.47. The van der Waals surface area contributed by atoms with Crippen LogP contribution >= 0.6 is 11.6 Å². The Labute approximate surface area is 103 Å². The minimum absolute atomic E-state index is 0.0883. The van der Waals surface area contributed by atoms with Crippen molar-refractivity contribution in [2.45, 2.75) is 32.4 Å². The maximum absolute atomic E-state index is 11.7. The molecule has 0 aromatic carbocycles. The lowest BCUT2D eigenvalue weighted by atomic mass is 9.95. The summed E-state index contributed by atoms with van der Waals surface area (Å²) >= 11 is 5.65. The number of halogens is 1. The van der Waals surface area contributed by atoms with Crippen molar-refractivity contribution in [3.63, 3.8) is 0 Å². The summed E-state index contributed by atoms with van der Waals surface area (Å²) in [6.45, 7) is 6.67. The van der Waals surface area contributed by atoms with E-state index >= 15 is 0 Å². The number of carbonyl (C=O) groups excluding carboxylic acids is 1. The molecule has 1 N–H and O–H groups in total. The zero-order chi connectivity index (χ0) is 13.2. The summed E-state index contributed by atoms with van der Waals surface area (Å²) in [5.74, 6) is -0.0442. The van der Waals surface area contributed by atoms with Gasteiger partial charge in [-0.25, -0.2) is 8.42 Å². The minimum atomic E-state index is -3.20. The molecule has 0 aliphatic rings. The summed E-state index contributed by atoms with van der Waals surface area (Å²) in [7, 11) is -3.20. The van der Waals surface area contributed by atoms with E-state index in [1.165, 1.54) is 0 Å². The molecule has 1 amide bonds. The number of carbonyl (C=O) groups is 1. The van der Waals surface area contributed by atoms with Crippen molar-refractivity contribution in [1.82, 2.24) is 5.32 Å². The molecule has 0 rings (SSSR count). The van der Waals surface area contributed by atoms with Gasteiger partial charge in [0.25, 0.3) is 0 Å². The van der Waals surface area contributed by atoms with Crippen molar-refractivity contribution in [3.05, 3.63) is 0 Å². The first-order valence-corrected chi connectivity index (χ1v) is 7.40. The van der Waals surface area contributed by atoms with E-state index in [0.717, 1.165) is 6.26 Å². The highest BCUT2D eigenvalue weighted by Crippen LogP contribution is 2.18. The third-order valence-corrected chi connectivity index (χ3v) is 5.45. The zero-order valence-corrected chi connectivity index (χ0v) is 12.0. The highest BCUT2D eigenvalue weighted by molar-refractivity contribution is 7.92. The molecule has 0 aliphatic heterocycles. The fourth-order valence-corrected chi connectivity index (χ4v) is 1.18. The van der Waals surface area contributed by atoms with Crippen LogP contribution in [0.15, 0.2) is 0 Å². The van der Waals surface area contributed by atoms with Crippen molar-refractivity contribution < 1.29 is 13.2 Å². The number of sulfone groups is 1. The fraction of sp³-hybridized carbons (Fsp3) is 0.900. The Bertz CT molecular complexity index is 360. The van der Waals surface area contributed by atoms with E-state index in [0.29, 0.717) is 0 Å². The first-order valence-electron chi connectivity index (χ1n) is 4.98. The summed E-state index contributed by atoms with van der Waals surface area (Å²) in [4.78, 5) is 11.7. The van der Waals surface area contributed by atoms with Gasteiger partial charge in [-0.15, -0.1) is 11.6 Å². The van der Waals surface area contributed by atoms with E-state index in [9.17, 15) is 13.2 Å². The van der Waals surface area contributed by atoms with E-state index < -0.39 is 20.0 Å². The predicted molar refractivity (Wildman–Crippen MR) is 66.4 cm³/mol. The SMILES string of the molecule is CC(C)(CCl)C(=O)NCC(C)(C)S(C)(=O)=O. The highest BCUT2D eigenvalue weighted by Gasteiger charge is 2.33. The normalized spacial score (nSPS) is 13.6. The van der Waals surface area contributed by atoms with E-state index in [1.54, 1.807) is 27.7 Å². The van der Waals surface area contributed by atoms with Gasteiger partial charge in [0, 0.05) is 18.7 Å². The van der Waals surface area contributed by atoms with E-state index in [4.69, 9.17) is 11.6 Å². The summed E-state index contributed by atoms with van der Waals surface area (Å²) in [5.41, 5.74) is -0.685. The Balaban J connectivity index is 4.55. The second-order valence-electron chi connectivity index (χ2n) is 5.23. The van der Waals surface area contributed by atoms with Gasteiger partial charge in [-0.1, -0.05) is 0 Å². The van der Waals surface area contributed by atoms with Gasteiger partial charge in [0.2, 0.25) is 5.91 Å². The number of rotatable bonds is 5. The molecule has 4 nitrogen and oxygen atoms in total. The van der Waals surface area contributed by atoms with Crippen molar-refractivity contribution >= 4 is 27.3 Å². The maximum Gasteiger partial charge on any atom is 0.226 e. The van der Waals surface area contributed by atoms with Gasteiger partial charge < -0.3 is 5.32 Å². The molecule has 16 heavy (non-hydrogen) atoms. The molecule has 0 spiro atoms. The van der Waals surface area contributed by atoms with Gasteiger partial charge in [-0.3, -0.25) is 4.79 Å². The molecule has 0 aliphatic carbocycles. The van der Waals surface area contributed by atoms with Gasteiger partial charge in [0.1, 0.15) is 0 Å². The molecule has 6 heteroatoms. The van der Waals surface area contributed by atoms with Gasteiger partial charge in [0.15, 0.2) is 9.84 Å². The third kappa shape index (κ3) is 3.94. The van der Waals surface area contributed by atoms with Gasteiger partial charge >= 0.3 is 0 Å². The fourth-order valence-electron chi connectivity index (χ4n) is 0.724. The zero-order valence-electron chi connectivity index (χ0n) is 10.4. The molecule has 0 aromatic heterocycles. The van der Waals surface area contributed by atoms with Gasteiger partial charge in [0.05, 0.1) is 10.2 Å². The van der Waals surface area contributed by atoms with Crippen molar-refractivity contribution in [2.75, 3.05) is 18.7 Å². The monoisotopic (exact) mass is 269 g/mol. The molecule has 0 unspecified atom stereocenters. The van der Waals surface area contributed by atoms with Crippen LogP contribution in [-0.2, 0) is 14.6 Å². The lowest BCUT2D eigenvalue weighted by Gasteiger charge is -2.26. The second-order valence-corrected chi connectivity index (χ2v) is 8.15. The van der Waals surface area contributed by atoms with Crippen molar-refractivity contribution in [3.8, 4) is 0 Å². The van der Waals surface area contributed by atoms with E-state index in [1.807, 2.05) is 0 Å². The average Bonchev–Trinajstić information content (AvgIpc) is 2.12. The van der Waals surface area contributed by atoms with Crippen LogP contribution in [0.5, 0.6) is 0 Å². The number of hydrogen-bond acceptors (Lipinski definition) is 3. The van der Waals surface area contributed by atoms with Crippen molar-refractivity contribution in [1.29, 1.82) is 0 Å². The average molecular weight is 270 g/mol. The largest absolute Gasteiger partial charge is 0.354 e. The second kappa shape index (κ2) is 4.92. The van der Waals surface area contributed by atoms with Crippen LogP contribution in [0.1, 0.15) is 27.7 Å². The minimum Gasteiger partial charge on any atom is -0.354 e. The molecular formula is C10H20ClNO3S. The molecular weight excluding hydrogens is 250 g/mol. The quantitative estimate of drug-likeness (QED) is 0.763. The molecule has 0 fully saturated rings. The topological polar surface area (TPSA) is 63.2 Å². The molecule has 96 valence electrons. The molecule has 0 bridgehead atoms. The van der Waals surface area contributed by atoms with Crippen LogP contribution in [-0.4, -0.2) is 37.8 Å². The Kier molecular flexibility index (Phi) is 4.83. The lowest BCUT2D eigenvalue weighted by molar-refractivity contribution is -0.128. The van der Waals surface area contributed by atoms with Gasteiger partial charge in [-0.2, -0.15) is 0 Å². The van der Waals surface area contributed by atoms with Crippen LogP contribution < -0.4 is 5.32 Å². The maximum atomic E-state index is 11.7. The van der Waals surface area contributed by atoms with E-state index in [-0.39, 0.29) is 18.3 Å². The Hall–Kier alpha value is -0.290. The molecule has 0 atom stereocenters. The smallest absolute Gasteiger partial charge is 0.226 e. The summed E-state index contributed by atoms with van der Waals surface area (Å²) in [6.07, 6.45) is 1.16. The first-order chi connectivity index (χ1) is 6.94. The van der Waals surface area contributed by atoms with E-state index in [2.05, 4.69) is 5.32 Å². The van der Waals surface area contributed by atoms with Crippen LogP contribution in [0.4, 0.5) is 0 Å². The molecule has 0 saturated heterocycles. The van der Waals surface area contributed by atoms with Crippen LogP contribution in [0, 0.1) is 5.41 Å². The third-order valence-electron chi connectivity index (χ3n) is 2.63.